The predicted molar refractivity (Wildman–Crippen MR) is 62.8 cm³/mol. The maximum atomic E-state index is 11.3. The quantitative estimate of drug-likeness (QED) is 0.530. The van der Waals surface area contributed by atoms with Gasteiger partial charge in [-0.1, -0.05) is 18.2 Å². The lowest BCUT2D eigenvalue weighted by atomic mass is 10.1. The van der Waals surface area contributed by atoms with Gasteiger partial charge in [0.1, 0.15) is 6.61 Å². The summed E-state index contributed by atoms with van der Waals surface area (Å²) in [4.78, 5) is 11.3. The van der Waals surface area contributed by atoms with Crippen LogP contribution >= 0.6 is 0 Å². The molecule has 1 aliphatic carbocycles. The highest BCUT2D eigenvalue weighted by Crippen LogP contribution is 2.09. The number of ether oxygens (including phenoxy) is 2. The van der Waals surface area contributed by atoms with Gasteiger partial charge >= 0.3 is 5.97 Å². The van der Waals surface area contributed by atoms with E-state index >= 15 is 0 Å². The third-order valence-corrected chi connectivity index (χ3v) is 2.30. The molecular weight excluding hydrogens is 204 g/mol. The summed E-state index contributed by atoms with van der Waals surface area (Å²) in [6, 6.07) is 0. The molecule has 0 amide bonds. The highest BCUT2D eigenvalue weighted by atomic mass is 16.6. The molecule has 3 nitrogen and oxygen atoms in total. The number of hydrogen-bond donors (Lipinski definition) is 0. The number of carbonyl (C=O) groups is 1. The van der Waals surface area contributed by atoms with Crippen molar-refractivity contribution in [3.8, 4) is 0 Å². The van der Waals surface area contributed by atoms with E-state index in [1.54, 1.807) is 13.0 Å². The van der Waals surface area contributed by atoms with Crippen molar-refractivity contribution < 1.29 is 14.3 Å². The molecule has 0 unspecified atom stereocenters. The number of carbonyl (C=O) groups excluding carboxylic acids is 1. The van der Waals surface area contributed by atoms with Crippen molar-refractivity contribution in [1.29, 1.82) is 0 Å². The minimum absolute atomic E-state index is 0.0207. The van der Waals surface area contributed by atoms with Crippen LogP contribution in [0.15, 0.2) is 35.6 Å². The van der Waals surface area contributed by atoms with E-state index in [4.69, 9.17) is 9.47 Å². The van der Waals surface area contributed by atoms with E-state index in [-0.39, 0.29) is 12.6 Å². The summed E-state index contributed by atoms with van der Waals surface area (Å²) < 4.78 is 10.2. The summed E-state index contributed by atoms with van der Waals surface area (Å²) in [7, 11) is 0. The molecule has 0 N–H and O–H groups in total. The number of rotatable bonds is 5. The van der Waals surface area contributed by atoms with E-state index in [2.05, 4.69) is 12.2 Å². The Morgan fingerprint density at radius 3 is 2.88 bits per heavy atom. The zero-order valence-electron chi connectivity index (χ0n) is 9.86. The van der Waals surface area contributed by atoms with Crippen LogP contribution in [0, 0.1) is 0 Å². The van der Waals surface area contributed by atoms with Crippen LogP contribution in [0.3, 0.4) is 0 Å². The van der Waals surface area contributed by atoms with Crippen LogP contribution in [0.1, 0.15) is 26.7 Å². The molecule has 0 aromatic carbocycles. The highest BCUT2D eigenvalue weighted by molar-refractivity contribution is 5.71. The first-order chi connectivity index (χ1) is 7.72. The molecule has 0 spiro atoms. The fourth-order valence-electron chi connectivity index (χ4n) is 1.24. The molecule has 0 aromatic heterocycles. The molecule has 0 atom stereocenters. The zero-order chi connectivity index (χ0) is 11.8. The lowest BCUT2D eigenvalue weighted by molar-refractivity contribution is -0.146. The van der Waals surface area contributed by atoms with E-state index in [1.165, 1.54) is 0 Å². The van der Waals surface area contributed by atoms with Crippen LogP contribution in [0.25, 0.3) is 0 Å². The topological polar surface area (TPSA) is 35.5 Å². The zero-order valence-corrected chi connectivity index (χ0v) is 9.86. The largest absolute Gasteiger partial charge is 0.487 e. The van der Waals surface area contributed by atoms with E-state index in [0.717, 1.165) is 24.2 Å². The molecule has 3 heteroatoms. The number of allylic oxidation sites excluding steroid dienone is 4. The van der Waals surface area contributed by atoms with Crippen molar-refractivity contribution in [2.75, 3.05) is 13.2 Å². The molecule has 0 saturated carbocycles. The second-order valence-corrected chi connectivity index (χ2v) is 3.61. The normalized spacial score (nSPS) is 15.6. The molecule has 0 aliphatic heterocycles. The molecular formula is C13H18O3. The van der Waals surface area contributed by atoms with Gasteiger partial charge in [-0.2, -0.15) is 0 Å². The van der Waals surface area contributed by atoms with Crippen molar-refractivity contribution in [3.63, 3.8) is 0 Å². The Kier molecular flexibility index (Phi) is 5.40. The Balaban J connectivity index is 2.20. The summed E-state index contributed by atoms with van der Waals surface area (Å²) in [5.74, 6) is 0.398. The summed E-state index contributed by atoms with van der Waals surface area (Å²) in [6.07, 6.45) is 10.1. The van der Waals surface area contributed by atoms with Gasteiger partial charge in [0.05, 0.1) is 5.76 Å². The van der Waals surface area contributed by atoms with E-state index in [1.807, 2.05) is 13.0 Å². The van der Waals surface area contributed by atoms with Crippen LogP contribution in [-0.4, -0.2) is 19.2 Å². The third kappa shape index (κ3) is 4.82. The van der Waals surface area contributed by atoms with Crippen LogP contribution < -0.4 is 0 Å². The van der Waals surface area contributed by atoms with Crippen molar-refractivity contribution in [2.45, 2.75) is 26.7 Å². The minimum Gasteiger partial charge on any atom is -0.487 e. The maximum absolute atomic E-state index is 11.3. The van der Waals surface area contributed by atoms with E-state index < -0.39 is 0 Å². The fourth-order valence-corrected chi connectivity index (χ4v) is 1.24. The average molecular weight is 222 g/mol. The van der Waals surface area contributed by atoms with Gasteiger partial charge in [-0.25, -0.2) is 4.79 Å². The number of esters is 1. The average Bonchev–Trinajstić information content (AvgIpc) is 2.34. The first kappa shape index (κ1) is 12.6. The van der Waals surface area contributed by atoms with Gasteiger partial charge in [-0.3, -0.25) is 0 Å². The Labute approximate surface area is 96.4 Å². The fraction of sp³-hybridized carbons (Fsp3) is 0.462. The number of hydrogen-bond acceptors (Lipinski definition) is 3. The molecule has 0 heterocycles. The second kappa shape index (κ2) is 6.88. The van der Waals surface area contributed by atoms with E-state index in [9.17, 15) is 4.79 Å². The molecule has 16 heavy (non-hydrogen) atoms. The van der Waals surface area contributed by atoms with Crippen LogP contribution in [-0.2, 0) is 14.3 Å². The van der Waals surface area contributed by atoms with Crippen molar-refractivity contribution >= 4 is 5.97 Å². The highest BCUT2D eigenvalue weighted by Gasteiger charge is 2.05. The molecule has 0 saturated heterocycles. The van der Waals surface area contributed by atoms with Gasteiger partial charge in [0.15, 0.2) is 6.61 Å². The lowest BCUT2D eigenvalue weighted by Gasteiger charge is -2.09. The van der Waals surface area contributed by atoms with Gasteiger partial charge in [0, 0.05) is 0 Å². The van der Waals surface area contributed by atoms with Gasteiger partial charge in [0.25, 0.3) is 0 Å². The molecule has 0 fully saturated rings. The SMILES string of the molecule is C/C=C(\C)OCC(=O)OCC1=CCCC=C1. The Morgan fingerprint density at radius 1 is 1.44 bits per heavy atom. The third-order valence-electron chi connectivity index (χ3n) is 2.30. The van der Waals surface area contributed by atoms with Crippen LogP contribution in [0.4, 0.5) is 0 Å². The summed E-state index contributed by atoms with van der Waals surface area (Å²) in [5.41, 5.74) is 1.06. The summed E-state index contributed by atoms with van der Waals surface area (Å²) in [5, 5.41) is 0. The van der Waals surface area contributed by atoms with Crippen LogP contribution in [0.2, 0.25) is 0 Å². The standard InChI is InChI=1S/C13H18O3/c1-3-11(2)15-10-13(14)16-9-12-7-5-4-6-8-12/h3,5,7-8H,4,6,9-10H2,1-2H3/b11-3+. The minimum atomic E-state index is -0.332. The Morgan fingerprint density at radius 2 is 2.25 bits per heavy atom. The maximum Gasteiger partial charge on any atom is 0.344 e. The smallest absolute Gasteiger partial charge is 0.344 e. The summed E-state index contributed by atoms with van der Waals surface area (Å²) in [6.45, 7) is 3.98. The predicted octanol–water partition coefficient (Wildman–Crippen LogP) is 2.75. The van der Waals surface area contributed by atoms with Crippen molar-refractivity contribution in [3.05, 3.63) is 35.6 Å². The lowest BCUT2D eigenvalue weighted by Crippen LogP contribution is -2.13. The van der Waals surface area contributed by atoms with Crippen LogP contribution in [0.5, 0.6) is 0 Å². The van der Waals surface area contributed by atoms with Gasteiger partial charge < -0.3 is 9.47 Å². The molecule has 0 aromatic rings. The van der Waals surface area contributed by atoms with Crippen molar-refractivity contribution in [2.24, 2.45) is 0 Å². The molecule has 1 rings (SSSR count). The first-order valence-corrected chi connectivity index (χ1v) is 5.49. The Hall–Kier alpha value is -1.51. The van der Waals surface area contributed by atoms with Gasteiger partial charge in [0.2, 0.25) is 0 Å². The molecule has 1 aliphatic rings. The molecule has 0 radical (unpaired) electrons. The molecule has 88 valence electrons. The van der Waals surface area contributed by atoms with Crippen molar-refractivity contribution in [1.82, 2.24) is 0 Å². The van der Waals surface area contributed by atoms with Gasteiger partial charge in [-0.15, -0.1) is 0 Å². The van der Waals surface area contributed by atoms with E-state index in [0.29, 0.717) is 6.61 Å². The molecule has 0 bridgehead atoms. The second-order valence-electron chi connectivity index (χ2n) is 3.61. The summed E-state index contributed by atoms with van der Waals surface area (Å²) >= 11 is 0. The Bertz CT molecular complexity index is 324. The monoisotopic (exact) mass is 222 g/mol. The van der Waals surface area contributed by atoms with Gasteiger partial charge in [-0.05, 0) is 38.3 Å². The first-order valence-electron chi connectivity index (χ1n) is 5.49.